The fourth-order valence-corrected chi connectivity index (χ4v) is 7.70. The Morgan fingerprint density at radius 3 is 1.59 bits per heavy atom. The highest BCUT2D eigenvalue weighted by atomic mass is 35.5. The lowest BCUT2D eigenvalue weighted by atomic mass is 10.0. The number of nitrogens with two attached hydrogens (primary N) is 1. The largest absolute Gasteiger partial charge is 0.382 e. The van der Waals surface area contributed by atoms with Crippen LogP contribution in [0.15, 0.2) is 86.0 Å². The molecular formula is C38H40Cl2N10O4. The molecule has 0 spiro atoms. The number of ether oxygens (including phenoxy) is 2. The first-order chi connectivity index (χ1) is 26.1. The third-order valence-electron chi connectivity index (χ3n) is 10.1. The first-order valence-electron chi connectivity index (χ1n) is 17.8. The van der Waals surface area contributed by atoms with Gasteiger partial charge in [-0.2, -0.15) is 0 Å². The van der Waals surface area contributed by atoms with Gasteiger partial charge in [-0.05, 0) is 37.1 Å². The third kappa shape index (κ3) is 6.79. The van der Waals surface area contributed by atoms with E-state index in [9.17, 15) is 9.59 Å². The van der Waals surface area contributed by atoms with Gasteiger partial charge in [-0.3, -0.25) is 18.7 Å². The zero-order chi connectivity index (χ0) is 38.1. The minimum absolute atomic E-state index is 0.0112. The van der Waals surface area contributed by atoms with Crippen LogP contribution in [0, 0.1) is 11.8 Å². The van der Waals surface area contributed by atoms with Crippen molar-refractivity contribution in [2.45, 2.75) is 76.0 Å². The molecule has 2 amide bonds. The molecule has 0 saturated carbocycles. The SMILES string of the molecule is CC[C@H]1O[C@@H](n2cnc3c(N(C(=O)c4ccccc4)C(=O)c4ccccc4)ncnc32)[C@H](Cl)[C@@H]1C.CC[C@H]1O[C@@H](n2cnc3c(N)ncnc32)[C@H](Cl)[C@@H]1C. The number of alkyl halides is 2. The van der Waals surface area contributed by atoms with Crippen molar-refractivity contribution in [3.63, 3.8) is 0 Å². The predicted molar refractivity (Wildman–Crippen MR) is 205 cm³/mol. The van der Waals surface area contributed by atoms with E-state index in [1.54, 1.807) is 77.9 Å². The first kappa shape index (κ1) is 37.3. The number of aromatic nitrogens is 8. The lowest BCUT2D eigenvalue weighted by Gasteiger charge is -2.21. The zero-order valence-electron chi connectivity index (χ0n) is 30.1. The molecule has 0 bridgehead atoms. The van der Waals surface area contributed by atoms with E-state index in [0.29, 0.717) is 39.3 Å². The highest BCUT2D eigenvalue weighted by molar-refractivity contribution is 6.27. The maximum atomic E-state index is 13.6. The fourth-order valence-electron chi connectivity index (χ4n) is 7.01. The van der Waals surface area contributed by atoms with Crippen molar-refractivity contribution in [1.29, 1.82) is 0 Å². The average Bonchev–Trinajstić information content (AvgIpc) is 3.97. The van der Waals surface area contributed by atoms with Crippen molar-refractivity contribution in [1.82, 2.24) is 39.0 Å². The predicted octanol–water partition coefficient (Wildman–Crippen LogP) is 6.82. The number of hydrogen-bond donors (Lipinski definition) is 1. The molecule has 6 heterocycles. The van der Waals surface area contributed by atoms with Crippen molar-refractivity contribution in [2.24, 2.45) is 11.8 Å². The minimum Gasteiger partial charge on any atom is -0.382 e. The molecule has 6 aromatic rings. The molecular weight excluding hydrogens is 731 g/mol. The Morgan fingerprint density at radius 1 is 0.685 bits per heavy atom. The summed E-state index contributed by atoms with van der Waals surface area (Å²) < 4.78 is 15.8. The fraction of sp³-hybridized carbons (Fsp3) is 0.368. The van der Waals surface area contributed by atoms with Crippen molar-refractivity contribution in [3.05, 3.63) is 97.1 Å². The van der Waals surface area contributed by atoms with E-state index in [4.69, 9.17) is 38.4 Å². The van der Waals surface area contributed by atoms with Crippen LogP contribution in [-0.2, 0) is 9.47 Å². The maximum absolute atomic E-state index is 13.6. The summed E-state index contributed by atoms with van der Waals surface area (Å²) in [5.41, 5.74) is 8.47. The second-order valence-electron chi connectivity index (χ2n) is 13.3. The van der Waals surface area contributed by atoms with E-state index in [0.717, 1.165) is 17.7 Å². The Balaban J connectivity index is 0.000000199. The molecule has 2 aliphatic rings. The average molecular weight is 772 g/mol. The standard InChI is InChI=1S/C26H24ClN5O3.C12H16ClN5O/c1-3-19-16(2)20(27)26(35-19)31-15-30-21-22(31)28-14-29-23(21)32(24(33)17-10-6-4-7-11-17)25(34)18-12-8-5-9-13-18;1-3-7-6(2)8(13)12(19-7)18-5-17-9-10(14)15-4-16-11(9)18/h4-16,19-20,26H,3H2,1-2H3;4-8,12H,3H2,1-2H3,(H2,14,15,16)/t16-,19-,20-,26-;6-,7-,8-,12-/m11/s1. The van der Waals surface area contributed by atoms with Crippen molar-refractivity contribution in [2.75, 3.05) is 10.6 Å². The van der Waals surface area contributed by atoms with Gasteiger partial charge in [0.2, 0.25) is 0 Å². The number of imidazole rings is 2. The number of fused-ring (bicyclic) bond motifs is 2. The van der Waals surface area contributed by atoms with E-state index in [2.05, 4.69) is 57.6 Å². The number of nitrogens with zero attached hydrogens (tertiary/aromatic N) is 9. The minimum atomic E-state index is -0.513. The van der Waals surface area contributed by atoms with Gasteiger partial charge in [-0.15, -0.1) is 23.2 Å². The van der Waals surface area contributed by atoms with E-state index in [1.807, 2.05) is 4.57 Å². The molecule has 2 aliphatic heterocycles. The van der Waals surface area contributed by atoms with Crippen LogP contribution in [-0.4, -0.2) is 73.8 Å². The van der Waals surface area contributed by atoms with Gasteiger partial charge in [0.05, 0.1) is 35.6 Å². The molecule has 0 aliphatic carbocycles. The number of benzene rings is 2. The van der Waals surface area contributed by atoms with E-state index in [1.165, 1.54) is 12.7 Å². The number of imide groups is 1. The topological polar surface area (TPSA) is 169 Å². The van der Waals surface area contributed by atoms with Gasteiger partial charge in [0.25, 0.3) is 11.8 Å². The molecule has 0 radical (unpaired) electrons. The quantitative estimate of drug-likeness (QED) is 0.133. The van der Waals surface area contributed by atoms with Gasteiger partial charge in [0.1, 0.15) is 18.2 Å². The number of carbonyl (C=O) groups excluding carboxylic acids is 2. The highest BCUT2D eigenvalue weighted by Crippen LogP contribution is 2.41. The molecule has 2 fully saturated rings. The van der Waals surface area contributed by atoms with Crippen LogP contribution in [0.25, 0.3) is 22.3 Å². The first-order valence-corrected chi connectivity index (χ1v) is 18.7. The van der Waals surface area contributed by atoms with Gasteiger partial charge in [-0.25, -0.2) is 34.8 Å². The molecule has 8 atom stereocenters. The van der Waals surface area contributed by atoms with Gasteiger partial charge in [0, 0.05) is 23.0 Å². The number of amides is 2. The Kier molecular flexibility index (Phi) is 10.9. The van der Waals surface area contributed by atoms with Crippen molar-refractivity contribution >= 4 is 69.0 Å². The lowest BCUT2D eigenvalue weighted by Crippen LogP contribution is -2.38. The molecule has 2 N–H and O–H groups in total. The van der Waals surface area contributed by atoms with Gasteiger partial charge in [-0.1, -0.05) is 64.1 Å². The summed E-state index contributed by atoms with van der Waals surface area (Å²) in [4.78, 5) is 53.9. The van der Waals surface area contributed by atoms with Gasteiger partial charge in [0.15, 0.2) is 40.9 Å². The van der Waals surface area contributed by atoms with Crippen LogP contribution in [0.2, 0.25) is 0 Å². The second-order valence-corrected chi connectivity index (χ2v) is 14.3. The van der Waals surface area contributed by atoms with Crippen molar-refractivity contribution in [3.8, 4) is 0 Å². The Bertz CT molecular complexity index is 2200. The Morgan fingerprint density at radius 2 is 1.13 bits per heavy atom. The van der Waals surface area contributed by atoms with Crippen LogP contribution in [0.5, 0.6) is 0 Å². The number of halogens is 2. The zero-order valence-corrected chi connectivity index (χ0v) is 31.6. The number of rotatable bonds is 7. The van der Waals surface area contributed by atoms with Crippen LogP contribution < -0.4 is 10.6 Å². The summed E-state index contributed by atoms with van der Waals surface area (Å²) in [6.07, 6.45) is 7.18. The summed E-state index contributed by atoms with van der Waals surface area (Å²) >= 11 is 13.2. The van der Waals surface area contributed by atoms with Gasteiger partial charge < -0.3 is 15.2 Å². The van der Waals surface area contributed by atoms with Crippen molar-refractivity contribution < 1.29 is 19.1 Å². The Labute approximate surface area is 321 Å². The molecule has 4 aromatic heterocycles. The monoisotopic (exact) mass is 770 g/mol. The number of anilines is 2. The summed E-state index contributed by atoms with van der Waals surface area (Å²) in [5.74, 6) is -0.134. The van der Waals surface area contributed by atoms with E-state index >= 15 is 0 Å². The van der Waals surface area contributed by atoms with Crippen LogP contribution in [0.4, 0.5) is 11.6 Å². The molecule has 2 saturated heterocycles. The lowest BCUT2D eigenvalue weighted by molar-refractivity contribution is -0.00249. The van der Waals surface area contributed by atoms with E-state index in [-0.39, 0.29) is 46.8 Å². The molecule has 8 rings (SSSR count). The normalized spacial score (nSPS) is 25.1. The highest BCUT2D eigenvalue weighted by Gasteiger charge is 2.43. The maximum Gasteiger partial charge on any atom is 0.266 e. The molecule has 54 heavy (non-hydrogen) atoms. The smallest absolute Gasteiger partial charge is 0.266 e. The van der Waals surface area contributed by atoms with Crippen LogP contribution in [0.3, 0.4) is 0 Å². The number of nitrogen functional groups attached to an aromatic ring is 1. The van der Waals surface area contributed by atoms with Crippen LogP contribution >= 0.6 is 23.2 Å². The molecule has 16 heteroatoms. The number of hydrogen-bond acceptors (Lipinski definition) is 11. The summed E-state index contributed by atoms with van der Waals surface area (Å²) in [6, 6.07) is 17.2. The molecule has 14 nitrogen and oxygen atoms in total. The summed E-state index contributed by atoms with van der Waals surface area (Å²) in [7, 11) is 0. The number of carbonyl (C=O) groups is 2. The van der Waals surface area contributed by atoms with Gasteiger partial charge >= 0.3 is 0 Å². The third-order valence-corrected chi connectivity index (χ3v) is 11.3. The molecule has 2 aromatic carbocycles. The molecule has 280 valence electrons. The summed E-state index contributed by atoms with van der Waals surface area (Å²) in [5, 5.41) is -0.401. The van der Waals surface area contributed by atoms with Crippen LogP contribution in [0.1, 0.15) is 73.7 Å². The molecule has 0 unspecified atom stereocenters. The summed E-state index contributed by atoms with van der Waals surface area (Å²) in [6.45, 7) is 8.32. The second kappa shape index (κ2) is 15.8. The van der Waals surface area contributed by atoms with E-state index < -0.39 is 18.0 Å². The Hall–Kier alpha value is -5.02.